The molecule has 1 aliphatic rings. The highest BCUT2D eigenvalue weighted by Gasteiger charge is 2.22. The molecule has 2 aromatic rings. The molecule has 0 aromatic heterocycles. The van der Waals surface area contributed by atoms with Gasteiger partial charge in [0.05, 0.1) is 6.10 Å². The van der Waals surface area contributed by atoms with Crippen LogP contribution >= 0.6 is 35.4 Å². The lowest BCUT2D eigenvalue weighted by molar-refractivity contribution is 0.0904. The van der Waals surface area contributed by atoms with E-state index in [1.165, 1.54) is 0 Å². The fourth-order valence-electron chi connectivity index (χ4n) is 2.93. The van der Waals surface area contributed by atoms with Crippen molar-refractivity contribution in [2.45, 2.75) is 25.5 Å². The molecule has 0 bridgehead atoms. The van der Waals surface area contributed by atoms with Crippen molar-refractivity contribution < 1.29 is 9.84 Å². The van der Waals surface area contributed by atoms with Crippen molar-refractivity contribution >= 4 is 46.2 Å². The van der Waals surface area contributed by atoms with E-state index in [4.69, 9.17) is 40.2 Å². The molecule has 2 N–H and O–H groups in total. The molecule has 0 unspecified atom stereocenters. The van der Waals surface area contributed by atoms with E-state index in [0.717, 1.165) is 30.7 Å². The molecule has 2 aromatic carbocycles. The number of halogens is 2. The third kappa shape index (κ3) is 5.24. The number of phenolic OH excluding ortho intramolecular Hbond substituents is 1. The molecule has 1 fully saturated rings. The average molecular weight is 411 g/mol. The molecule has 0 amide bonds. The molecule has 7 heteroatoms. The number of ether oxygens (including phenoxy) is 1. The van der Waals surface area contributed by atoms with Crippen LogP contribution < -0.4 is 5.32 Å². The lowest BCUT2D eigenvalue weighted by Crippen LogP contribution is -2.39. The van der Waals surface area contributed by atoms with Crippen molar-refractivity contribution in [2.75, 3.05) is 18.5 Å². The predicted octanol–water partition coefficient (Wildman–Crippen LogP) is 5.08. The van der Waals surface area contributed by atoms with Gasteiger partial charge in [-0.25, -0.2) is 0 Å². The van der Waals surface area contributed by atoms with Crippen molar-refractivity contribution in [3.8, 4) is 5.75 Å². The van der Waals surface area contributed by atoms with Crippen molar-refractivity contribution in [1.29, 1.82) is 0 Å². The minimum atomic E-state index is 0.128. The summed E-state index contributed by atoms with van der Waals surface area (Å²) in [5.41, 5.74) is 1.53. The Labute approximate surface area is 168 Å². The van der Waals surface area contributed by atoms with Gasteiger partial charge in [-0.3, -0.25) is 0 Å². The number of para-hydroxylation sites is 1. The SMILES string of the molecule is Oc1ccccc1CN(C[C@H]1CCCO1)C(=S)Nc1cc(Cl)cc(Cl)c1. The van der Waals surface area contributed by atoms with Gasteiger partial charge in [0.2, 0.25) is 0 Å². The lowest BCUT2D eigenvalue weighted by Gasteiger charge is -2.28. The van der Waals surface area contributed by atoms with Crippen LogP contribution in [0.15, 0.2) is 42.5 Å². The van der Waals surface area contributed by atoms with Crippen LogP contribution in [-0.4, -0.2) is 34.4 Å². The summed E-state index contributed by atoms with van der Waals surface area (Å²) in [6, 6.07) is 12.5. The van der Waals surface area contributed by atoms with Crippen LogP contribution in [0.4, 0.5) is 5.69 Å². The highest BCUT2D eigenvalue weighted by atomic mass is 35.5. The number of nitrogens with zero attached hydrogens (tertiary/aromatic N) is 1. The third-order valence-corrected chi connectivity index (χ3v) is 5.00. The number of anilines is 1. The molecule has 4 nitrogen and oxygen atoms in total. The van der Waals surface area contributed by atoms with E-state index in [2.05, 4.69) is 5.32 Å². The van der Waals surface area contributed by atoms with Crippen molar-refractivity contribution in [2.24, 2.45) is 0 Å². The van der Waals surface area contributed by atoms with Crippen molar-refractivity contribution in [3.05, 3.63) is 58.1 Å². The number of phenols is 1. The maximum absolute atomic E-state index is 10.1. The summed E-state index contributed by atoms with van der Waals surface area (Å²) >= 11 is 17.7. The average Bonchev–Trinajstić information content (AvgIpc) is 3.08. The maximum atomic E-state index is 10.1. The van der Waals surface area contributed by atoms with Gasteiger partial charge in [-0.1, -0.05) is 41.4 Å². The van der Waals surface area contributed by atoms with Crippen LogP contribution in [0.2, 0.25) is 10.0 Å². The van der Waals surface area contributed by atoms with Crippen LogP contribution in [0, 0.1) is 0 Å². The molecule has 0 saturated carbocycles. The number of hydrogen-bond donors (Lipinski definition) is 2. The van der Waals surface area contributed by atoms with Gasteiger partial charge >= 0.3 is 0 Å². The molecule has 138 valence electrons. The van der Waals surface area contributed by atoms with E-state index < -0.39 is 0 Å². The summed E-state index contributed by atoms with van der Waals surface area (Å²) < 4.78 is 5.76. The van der Waals surface area contributed by atoms with Crippen molar-refractivity contribution in [1.82, 2.24) is 4.90 Å². The Balaban J connectivity index is 1.76. The van der Waals surface area contributed by atoms with Gasteiger partial charge in [-0.05, 0) is 49.3 Å². The monoisotopic (exact) mass is 410 g/mol. The second kappa shape index (κ2) is 8.91. The van der Waals surface area contributed by atoms with Gasteiger partial charge in [-0.2, -0.15) is 0 Å². The summed E-state index contributed by atoms with van der Waals surface area (Å²) in [5, 5.41) is 14.9. The highest BCUT2D eigenvalue weighted by molar-refractivity contribution is 7.80. The lowest BCUT2D eigenvalue weighted by atomic mass is 10.1. The Morgan fingerprint density at radius 2 is 1.96 bits per heavy atom. The number of nitrogens with one attached hydrogen (secondary N) is 1. The quantitative estimate of drug-likeness (QED) is 0.672. The van der Waals surface area contributed by atoms with Crippen LogP contribution in [0.3, 0.4) is 0 Å². The van der Waals surface area contributed by atoms with E-state index in [9.17, 15) is 5.11 Å². The number of rotatable bonds is 5. The minimum absolute atomic E-state index is 0.128. The zero-order valence-electron chi connectivity index (χ0n) is 14.1. The van der Waals surface area contributed by atoms with Gasteiger partial charge in [0.1, 0.15) is 5.75 Å². The Morgan fingerprint density at radius 3 is 2.62 bits per heavy atom. The molecule has 0 aliphatic carbocycles. The second-order valence-corrected chi connectivity index (χ2v) is 7.49. The molecular weight excluding hydrogens is 391 g/mol. The maximum Gasteiger partial charge on any atom is 0.173 e. The number of hydrogen-bond acceptors (Lipinski definition) is 3. The number of aromatic hydroxyl groups is 1. The molecular formula is C19H20Cl2N2O2S. The van der Waals surface area contributed by atoms with Crippen LogP contribution in [-0.2, 0) is 11.3 Å². The van der Waals surface area contributed by atoms with Gasteiger partial charge in [-0.15, -0.1) is 0 Å². The zero-order chi connectivity index (χ0) is 18.5. The summed E-state index contributed by atoms with van der Waals surface area (Å²) in [6.07, 6.45) is 2.19. The molecule has 0 spiro atoms. The largest absolute Gasteiger partial charge is 0.508 e. The summed E-state index contributed by atoms with van der Waals surface area (Å²) in [7, 11) is 0. The molecule has 3 rings (SSSR count). The topological polar surface area (TPSA) is 44.7 Å². The summed E-state index contributed by atoms with van der Waals surface area (Å²) in [4.78, 5) is 2.00. The van der Waals surface area contributed by atoms with E-state index in [1.54, 1.807) is 30.3 Å². The van der Waals surface area contributed by atoms with E-state index >= 15 is 0 Å². The second-order valence-electron chi connectivity index (χ2n) is 6.23. The normalized spacial score (nSPS) is 16.5. The standard InChI is InChI=1S/C19H20Cl2N2O2S/c20-14-8-15(21)10-16(9-14)22-19(26)23(12-17-5-3-7-25-17)11-13-4-1-2-6-18(13)24/h1-2,4,6,8-10,17,24H,3,5,7,11-12H2,(H,22,26)/t17-/m1/s1. The molecule has 1 saturated heterocycles. The fourth-order valence-corrected chi connectivity index (χ4v) is 3.72. The first-order chi connectivity index (χ1) is 12.5. The molecule has 0 radical (unpaired) electrons. The number of thiocarbonyl (C=S) groups is 1. The van der Waals surface area contributed by atoms with Crippen LogP contribution in [0.5, 0.6) is 5.75 Å². The van der Waals surface area contributed by atoms with E-state index in [-0.39, 0.29) is 11.9 Å². The summed E-state index contributed by atoms with van der Waals surface area (Å²) in [6.45, 7) is 1.90. The zero-order valence-corrected chi connectivity index (χ0v) is 16.4. The van der Waals surface area contributed by atoms with E-state index in [1.807, 2.05) is 17.0 Å². The molecule has 1 atom stereocenters. The summed E-state index contributed by atoms with van der Waals surface area (Å²) in [5.74, 6) is 0.249. The Kier molecular flexibility index (Phi) is 6.59. The van der Waals surface area contributed by atoms with Crippen molar-refractivity contribution in [3.63, 3.8) is 0 Å². The Hall–Kier alpha value is -1.53. The molecule has 1 heterocycles. The Bertz CT molecular complexity index is 762. The van der Waals surface area contributed by atoms with Gasteiger partial charge in [0.15, 0.2) is 5.11 Å². The van der Waals surface area contributed by atoms with Gasteiger partial charge in [0, 0.05) is 41.0 Å². The van der Waals surface area contributed by atoms with Gasteiger partial charge in [0.25, 0.3) is 0 Å². The molecule has 26 heavy (non-hydrogen) atoms. The van der Waals surface area contributed by atoms with E-state index in [0.29, 0.717) is 28.2 Å². The highest BCUT2D eigenvalue weighted by Crippen LogP contribution is 2.24. The van der Waals surface area contributed by atoms with Crippen LogP contribution in [0.1, 0.15) is 18.4 Å². The number of benzene rings is 2. The predicted molar refractivity (Wildman–Crippen MR) is 110 cm³/mol. The smallest absolute Gasteiger partial charge is 0.173 e. The van der Waals surface area contributed by atoms with Crippen LogP contribution in [0.25, 0.3) is 0 Å². The first-order valence-corrected chi connectivity index (χ1v) is 9.58. The molecule has 1 aliphatic heterocycles. The third-order valence-electron chi connectivity index (χ3n) is 4.20. The first-order valence-electron chi connectivity index (χ1n) is 8.42. The van der Waals surface area contributed by atoms with Gasteiger partial charge < -0.3 is 20.1 Å². The first kappa shape index (κ1) is 19.2. The Morgan fingerprint density at radius 1 is 1.23 bits per heavy atom. The fraction of sp³-hybridized carbons (Fsp3) is 0.316. The minimum Gasteiger partial charge on any atom is -0.508 e.